The molecule has 8 nitrogen and oxygen atoms in total. The first-order valence-corrected chi connectivity index (χ1v) is 14.8. The molecule has 1 amide bonds. The Bertz CT molecular complexity index is 1320. The van der Waals surface area contributed by atoms with Crippen LogP contribution in [0.15, 0.2) is 42.5 Å². The number of methoxy groups -OCH3 is 1. The number of hydrogen-bond acceptors (Lipinski definition) is 7. The van der Waals surface area contributed by atoms with Crippen molar-refractivity contribution >= 4 is 5.91 Å². The first-order valence-electron chi connectivity index (χ1n) is 14.8. The average Bonchev–Trinajstić information content (AvgIpc) is 3.31. The molecule has 0 spiro atoms. The quantitative estimate of drug-likeness (QED) is 0.373. The van der Waals surface area contributed by atoms with Crippen molar-refractivity contribution in [2.45, 2.75) is 77.7 Å². The summed E-state index contributed by atoms with van der Waals surface area (Å²) >= 11 is 0. The molecule has 2 bridgehead atoms. The summed E-state index contributed by atoms with van der Waals surface area (Å²) in [6, 6.07) is 9.94. The van der Waals surface area contributed by atoms with Crippen molar-refractivity contribution in [2.24, 2.45) is 29.1 Å². The van der Waals surface area contributed by atoms with Gasteiger partial charge in [0, 0.05) is 23.1 Å². The topological polar surface area (TPSA) is 100 Å². The van der Waals surface area contributed by atoms with Crippen LogP contribution in [0.2, 0.25) is 0 Å². The van der Waals surface area contributed by atoms with Gasteiger partial charge >= 0.3 is 6.36 Å². The van der Waals surface area contributed by atoms with Gasteiger partial charge in [0.1, 0.15) is 23.6 Å². The number of alkyl halides is 3. The molecule has 2 aromatic carbocycles. The van der Waals surface area contributed by atoms with Crippen LogP contribution in [0.1, 0.15) is 46.1 Å². The summed E-state index contributed by atoms with van der Waals surface area (Å²) < 4.78 is 48.4. The highest BCUT2D eigenvalue weighted by molar-refractivity contribution is 5.83. The van der Waals surface area contributed by atoms with Crippen LogP contribution in [-0.2, 0) is 16.2 Å². The molecule has 4 aliphatic rings. The van der Waals surface area contributed by atoms with Crippen LogP contribution in [0.4, 0.5) is 13.2 Å². The number of benzene rings is 2. The summed E-state index contributed by atoms with van der Waals surface area (Å²) in [6.07, 6.45) is -4.53. The molecule has 0 radical (unpaired) electrons. The fraction of sp³-hybridized carbons (Fsp3) is 0.594. The minimum absolute atomic E-state index is 0.00184. The second-order valence-electron chi connectivity index (χ2n) is 12.8. The number of nitrogens with zero attached hydrogens (tertiary/aromatic N) is 1. The van der Waals surface area contributed by atoms with E-state index in [2.05, 4.69) is 30.8 Å². The molecule has 1 saturated heterocycles. The van der Waals surface area contributed by atoms with Gasteiger partial charge in [0.15, 0.2) is 0 Å². The molecule has 236 valence electrons. The largest absolute Gasteiger partial charge is 0.573 e. The second kappa shape index (κ2) is 11.9. The van der Waals surface area contributed by atoms with Gasteiger partial charge in [0.25, 0.3) is 0 Å². The smallest absolute Gasteiger partial charge is 0.496 e. The van der Waals surface area contributed by atoms with Gasteiger partial charge in [0.2, 0.25) is 5.91 Å². The van der Waals surface area contributed by atoms with E-state index in [1.165, 1.54) is 36.8 Å². The summed E-state index contributed by atoms with van der Waals surface area (Å²) in [7, 11) is 1.46. The molecule has 3 N–H and O–H groups in total. The van der Waals surface area contributed by atoms with Gasteiger partial charge in [-0.3, -0.25) is 9.63 Å². The Kier molecular flexibility index (Phi) is 8.74. The molecule has 11 heteroatoms. The maximum atomic E-state index is 14.0. The first kappa shape index (κ1) is 31.6. The number of carbonyl (C=O) groups excluding carboxylic acids is 1. The molecule has 4 fully saturated rings. The summed E-state index contributed by atoms with van der Waals surface area (Å²) in [5.74, 6) is 0.425. The number of halogens is 3. The molecule has 1 heterocycles. The van der Waals surface area contributed by atoms with E-state index in [1.807, 2.05) is 0 Å². The Morgan fingerprint density at radius 1 is 1.21 bits per heavy atom. The Morgan fingerprint density at radius 3 is 2.53 bits per heavy atom. The van der Waals surface area contributed by atoms with E-state index in [1.54, 1.807) is 31.2 Å². The van der Waals surface area contributed by atoms with Crippen LogP contribution in [0.25, 0.3) is 11.1 Å². The van der Waals surface area contributed by atoms with Crippen LogP contribution in [-0.4, -0.2) is 65.6 Å². The summed E-state index contributed by atoms with van der Waals surface area (Å²) in [5, 5.41) is 25.6. The van der Waals surface area contributed by atoms with E-state index in [-0.39, 0.29) is 29.7 Å². The molecule has 2 aromatic rings. The molecule has 6 rings (SSSR count). The lowest BCUT2D eigenvalue weighted by atomic mass is 9.45. The van der Waals surface area contributed by atoms with E-state index >= 15 is 0 Å². The molecule has 3 aliphatic carbocycles. The maximum absolute atomic E-state index is 14.0. The van der Waals surface area contributed by atoms with Crippen LogP contribution < -0.4 is 14.8 Å². The number of amides is 1. The molecule has 1 aliphatic heterocycles. The first-order chi connectivity index (χ1) is 20.2. The number of para-hydroxylation sites is 1. The minimum atomic E-state index is -4.83. The number of carbonyl (C=O) groups is 1. The third-order valence-corrected chi connectivity index (χ3v) is 10.1. The zero-order valence-corrected chi connectivity index (χ0v) is 25.1. The van der Waals surface area contributed by atoms with E-state index in [4.69, 9.17) is 9.57 Å². The minimum Gasteiger partial charge on any atom is -0.496 e. The van der Waals surface area contributed by atoms with Crippen molar-refractivity contribution in [3.05, 3.63) is 48.0 Å². The fourth-order valence-electron chi connectivity index (χ4n) is 7.69. The number of hydrogen-bond donors (Lipinski definition) is 3. The molecule has 3 saturated carbocycles. The monoisotopic (exact) mass is 606 g/mol. The van der Waals surface area contributed by atoms with E-state index in [0.29, 0.717) is 40.2 Å². The summed E-state index contributed by atoms with van der Waals surface area (Å²) in [4.78, 5) is 20.0. The molecule has 8 atom stereocenters. The van der Waals surface area contributed by atoms with Gasteiger partial charge < -0.3 is 25.0 Å². The van der Waals surface area contributed by atoms with E-state index in [9.17, 15) is 28.2 Å². The van der Waals surface area contributed by atoms with E-state index in [0.717, 1.165) is 6.42 Å². The van der Waals surface area contributed by atoms with Crippen LogP contribution in [0, 0.1) is 29.1 Å². The van der Waals surface area contributed by atoms with Gasteiger partial charge in [-0.05, 0) is 60.6 Å². The standard InChI is InChI=1S/C32H41F3N2O6/c1-17-24-13-21(31(24,3)4)14-25(17)36-30(40)28-27(18(2)39)26(16-38)43-37(28)15-20-9-7-11-23(29(20)41-5)19-8-6-10-22(12-19)42-32(33,34)35/h6-12,17-18,21,24-28,38-39H,13-16H2,1-5H3,(H,36,40)/t17-,18-,21+,24-,25-,26-,27?,28-/m0/s1. The Balaban J connectivity index is 1.42. The third kappa shape index (κ3) is 6.09. The fourth-order valence-corrected chi connectivity index (χ4v) is 7.69. The van der Waals surface area contributed by atoms with Crippen LogP contribution >= 0.6 is 0 Å². The maximum Gasteiger partial charge on any atom is 0.573 e. The SMILES string of the molecule is COc1c(CN2O[C@@H](CO)C([C@H](C)O)[C@H]2C(=O)N[C@H]2C[C@H]3C[C@@H]([C@@H]2C)C3(C)C)cccc1-c1cccc(OC(F)(F)F)c1. The zero-order chi connectivity index (χ0) is 31.3. The summed E-state index contributed by atoms with van der Waals surface area (Å²) in [5.41, 5.74) is 1.83. The van der Waals surface area contributed by atoms with Crippen molar-refractivity contribution in [1.82, 2.24) is 10.4 Å². The number of hydroxylamine groups is 2. The van der Waals surface area contributed by atoms with Gasteiger partial charge in [-0.2, -0.15) is 5.06 Å². The van der Waals surface area contributed by atoms with Crippen molar-refractivity contribution in [2.75, 3.05) is 13.7 Å². The molecular weight excluding hydrogens is 565 g/mol. The van der Waals surface area contributed by atoms with Crippen molar-refractivity contribution in [3.63, 3.8) is 0 Å². The predicted molar refractivity (Wildman–Crippen MR) is 153 cm³/mol. The Labute approximate surface area is 250 Å². The number of rotatable bonds is 9. The number of aliphatic hydroxyl groups is 2. The Hall–Kier alpha value is -2.86. The van der Waals surface area contributed by atoms with Crippen LogP contribution in [0.5, 0.6) is 11.5 Å². The zero-order valence-electron chi connectivity index (χ0n) is 25.1. The molecular formula is C32H41F3N2O6. The van der Waals surface area contributed by atoms with Gasteiger partial charge in [-0.25, -0.2) is 0 Å². The molecule has 0 aromatic heterocycles. The highest BCUT2D eigenvalue weighted by atomic mass is 19.4. The highest BCUT2D eigenvalue weighted by Crippen LogP contribution is 2.61. The second-order valence-corrected chi connectivity index (χ2v) is 12.8. The molecule has 1 unspecified atom stereocenters. The highest BCUT2D eigenvalue weighted by Gasteiger charge is 2.57. The number of ether oxygens (including phenoxy) is 2. The average molecular weight is 607 g/mol. The van der Waals surface area contributed by atoms with Gasteiger partial charge in [-0.15, -0.1) is 13.2 Å². The van der Waals surface area contributed by atoms with Crippen LogP contribution in [0.3, 0.4) is 0 Å². The lowest BCUT2D eigenvalue weighted by molar-refractivity contribution is -0.274. The van der Waals surface area contributed by atoms with Crippen molar-refractivity contribution in [1.29, 1.82) is 0 Å². The predicted octanol–water partition coefficient (Wildman–Crippen LogP) is 4.92. The Morgan fingerprint density at radius 2 is 1.93 bits per heavy atom. The van der Waals surface area contributed by atoms with E-state index < -0.39 is 37.1 Å². The van der Waals surface area contributed by atoms with Crippen molar-refractivity contribution in [3.8, 4) is 22.6 Å². The lowest BCUT2D eigenvalue weighted by Gasteiger charge is -2.62. The van der Waals surface area contributed by atoms with Gasteiger partial charge in [-0.1, -0.05) is 51.1 Å². The van der Waals surface area contributed by atoms with Gasteiger partial charge in [0.05, 0.1) is 26.4 Å². The normalized spacial score (nSPS) is 30.8. The number of fused-ring (bicyclic) bond motifs is 2. The number of aliphatic hydroxyl groups excluding tert-OH is 2. The number of nitrogens with one attached hydrogen (secondary N) is 1. The molecule has 43 heavy (non-hydrogen) atoms. The van der Waals surface area contributed by atoms with Crippen molar-refractivity contribution < 1.29 is 42.5 Å². The third-order valence-electron chi connectivity index (χ3n) is 10.1. The summed E-state index contributed by atoms with van der Waals surface area (Å²) in [6.45, 7) is 8.03. The lowest BCUT2D eigenvalue weighted by Crippen LogP contribution is -2.62.